The van der Waals surface area contributed by atoms with Crippen LogP contribution in [0.15, 0.2) is 24.3 Å². The van der Waals surface area contributed by atoms with Gasteiger partial charge in [-0.1, -0.05) is 19.1 Å². The number of carbonyl (C=O) groups excluding carboxylic acids is 2. The molecule has 3 N–H and O–H groups in total. The van der Waals surface area contributed by atoms with Crippen LogP contribution >= 0.6 is 0 Å². The fourth-order valence-corrected chi connectivity index (χ4v) is 1.50. The molecule has 0 radical (unpaired) electrons. The first-order chi connectivity index (χ1) is 9.52. The molecule has 0 aliphatic heterocycles. The van der Waals surface area contributed by atoms with Gasteiger partial charge >= 0.3 is 11.8 Å². The van der Waals surface area contributed by atoms with Crippen LogP contribution in [0.3, 0.4) is 0 Å². The van der Waals surface area contributed by atoms with Crippen molar-refractivity contribution in [3.05, 3.63) is 35.6 Å². The van der Waals surface area contributed by atoms with E-state index in [1.54, 1.807) is 0 Å². The summed E-state index contributed by atoms with van der Waals surface area (Å²) in [5.74, 6) is -1.84. The number of amides is 2. The van der Waals surface area contributed by atoms with Gasteiger partial charge in [-0.25, -0.2) is 4.39 Å². The number of halogens is 1. The second-order valence-corrected chi connectivity index (χ2v) is 4.42. The molecule has 1 atom stereocenters. The van der Waals surface area contributed by atoms with E-state index in [-0.39, 0.29) is 18.9 Å². The largest absolute Gasteiger partial charge is 0.393 e. The zero-order valence-corrected chi connectivity index (χ0v) is 11.4. The van der Waals surface area contributed by atoms with E-state index in [0.717, 1.165) is 0 Å². The van der Waals surface area contributed by atoms with E-state index < -0.39 is 17.9 Å². The third-order valence-corrected chi connectivity index (χ3v) is 2.81. The number of aliphatic hydroxyl groups is 1. The molecule has 1 unspecified atom stereocenters. The molecule has 0 saturated heterocycles. The van der Waals surface area contributed by atoms with Gasteiger partial charge in [-0.05, 0) is 30.5 Å². The van der Waals surface area contributed by atoms with Crippen LogP contribution in [0.5, 0.6) is 0 Å². The zero-order chi connectivity index (χ0) is 15.0. The fraction of sp³-hybridized carbons (Fsp3) is 0.429. The van der Waals surface area contributed by atoms with Crippen molar-refractivity contribution in [2.45, 2.75) is 32.4 Å². The molecule has 2 amide bonds. The lowest BCUT2D eigenvalue weighted by Gasteiger charge is -2.09. The molecule has 0 aliphatic rings. The Balaban J connectivity index is 2.28. The van der Waals surface area contributed by atoms with Gasteiger partial charge in [-0.2, -0.15) is 0 Å². The van der Waals surface area contributed by atoms with E-state index >= 15 is 0 Å². The fourth-order valence-electron chi connectivity index (χ4n) is 1.50. The average molecular weight is 282 g/mol. The number of carbonyl (C=O) groups is 2. The smallest absolute Gasteiger partial charge is 0.309 e. The summed E-state index contributed by atoms with van der Waals surface area (Å²) in [6, 6.07) is 5.64. The first kappa shape index (κ1) is 16.1. The zero-order valence-electron chi connectivity index (χ0n) is 11.4. The van der Waals surface area contributed by atoms with Gasteiger partial charge in [0.25, 0.3) is 0 Å². The SMILES string of the molecule is CCC(O)CCNC(=O)C(=O)NCc1ccc(F)cc1. The molecular weight excluding hydrogens is 263 g/mol. The molecule has 5 nitrogen and oxygen atoms in total. The monoisotopic (exact) mass is 282 g/mol. The third kappa shape index (κ3) is 5.79. The Hall–Kier alpha value is -1.95. The molecule has 1 aromatic rings. The van der Waals surface area contributed by atoms with E-state index in [9.17, 15) is 19.1 Å². The molecule has 6 heteroatoms. The Labute approximate surface area is 117 Å². The van der Waals surface area contributed by atoms with Crippen LogP contribution in [0, 0.1) is 5.82 Å². The van der Waals surface area contributed by atoms with E-state index in [4.69, 9.17) is 0 Å². The minimum atomic E-state index is -0.750. The molecule has 0 aliphatic carbocycles. The van der Waals surface area contributed by atoms with E-state index in [1.165, 1.54) is 24.3 Å². The highest BCUT2D eigenvalue weighted by atomic mass is 19.1. The molecular formula is C14H19FN2O3. The first-order valence-corrected chi connectivity index (χ1v) is 6.51. The van der Waals surface area contributed by atoms with Crippen molar-refractivity contribution in [1.29, 1.82) is 0 Å². The normalized spacial score (nSPS) is 11.8. The maximum absolute atomic E-state index is 12.7. The van der Waals surface area contributed by atoms with E-state index in [2.05, 4.69) is 10.6 Å². The molecule has 110 valence electrons. The number of nitrogens with one attached hydrogen (secondary N) is 2. The van der Waals surface area contributed by atoms with Crippen LogP contribution < -0.4 is 10.6 Å². The first-order valence-electron chi connectivity index (χ1n) is 6.51. The van der Waals surface area contributed by atoms with Crippen LogP contribution in [0.1, 0.15) is 25.3 Å². The highest BCUT2D eigenvalue weighted by molar-refractivity contribution is 6.35. The standard InChI is InChI=1S/C14H19FN2O3/c1-2-12(18)7-8-16-13(19)14(20)17-9-10-3-5-11(15)6-4-10/h3-6,12,18H,2,7-9H2,1H3,(H,16,19)(H,17,20). The van der Waals surface area contributed by atoms with Gasteiger partial charge in [0.2, 0.25) is 0 Å². The second-order valence-electron chi connectivity index (χ2n) is 4.42. The van der Waals surface area contributed by atoms with Crippen LogP contribution in [0.2, 0.25) is 0 Å². The highest BCUT2D eigenvalue weighted by Gasteiger charge is 2.12. The van der Waals surface area contributed by atoms with Crippen LogP contribution in [-0.2, 0) is 16.1 Å². The summed E-state index contributed by atoms with van der Waals surface area (Å²) in [5, 5.41) is 14.2. The van der Waals surface area contributed by atoms with Crippen molar-refractivity contribution in [2.24, 2.45) is 0 Å². The van der Waals surface area contributed by atoms with Crippen molar-refractivity contribution >= 4 is 11.8 Å². The maximum atomic E-state index is 12.7. The molecule has 0 aromatic heterocycles. The van der Waals surface area contributed by atoms with E-state index in [0.29, 0.717) is 18.4 Å². The van der Waals surface area contributed by atoms with Crippen LogP contribution in [-0.4, -0.2) is 29.6 Å². The Kier molecular flexibility index (Phi) is 6.66. The van der Waals surface area contributed by atoms with Gasteiger partial charge in [0, 0.05) is 13.1 Å². The summed E-state index contributed by atoms with van der Waals surface area (Å²) in [6.45, 7) is 2.24. The molecule has 1 aromatic carbocycles. The molecule has 0 bridgehead atoms. The molecule has 0 fully saturated rings. The van der Waals surface area contributed by atoms with Crippen molar-refractivity contribution < 1.29 is 19.1 Å². The Bertz CT molecular complexity index is 448. The predicted octanol–water partition coefficient (Wildman–Crippen LogP) is 0.719. The van der Waals surface area contributed by atoms with Gasteiger partial charge in [0.1, 0.15) is 5.82 Å². The highest BCUT2D eigenvalue weighted by Crippen LogP contribution is 2.01. The van der Waals surface area contributed by atoms with Gasteiger partial charge in [-0.3, -0.25) is 9.59 Å². The summed E-state index contributed by atoms with van der Waals surface area (Å²) >= 11 is 0. The van der Waals surface area contributed by atoms with Gasteiger partial charge < -0.3 is 15.7 Å². The van der Waals surface area contributed by atoms with Gasteiger partial charge in [0.05, 0.1) is 6.10 Å². The number of hydrogen-bond donors (Lipinski definition) is 3. The maximum Gasteiger partial charge on any atom is 0.309 e. The van der Waals surface area contributed by atoms with Crippen molar-refractivity contribution in [2.75, 3.05) is 6.54 Å². The van der Waals surface area contributed by atoms with Crippen LogP contribution in [0.4, 0.5) is 4.39 Å². The lowest BCUT2D eigenvalue weighted by molar-refractivity contribution is -0.139. The minimum Gasteiger partial charge on any atom is -0.393 e. The van der Waals surface area contributed by atoms with Crippen molar-refractivity contribution in [3.8, 4) is 0 Å². The summed E-state index contributed by atoms with van der Waals surface area (Å²) in [6.07, 6.45) is 0.540. The summed E-state index contributed by atoms with van der Waals surface area (Å²) < 4.78 is 12.7. The molecule has 0 saturated carbocycles. The number of rotatable bonds is 6. The Morgan fingerprint density at radius 3 is 2.40 bits per heavy atom. The molecule has 0 spiro atoms. The van der Waals surface area contributed by atoms with E-state index in [1.807, 2.05) is 6.92 Å². The average Bonchev–Trinajstić information content (AvgIpc) is 2.45. The Morgan fingerprint density at radius 1 is 1.20 bits per heavy atom. The molecule has 0 heterocycles. The quantitative estimate of drug-likeness (QED) is 0.673. The summed E-state index contributed by atoms with van der Waals surface area (Å²) in [7, 11) is 0. The summed E-state index contributed by atoms with van der Waals surface area (Å²) in [5.41, 5.74) is 0.703. The summed E-state index contributed by atoms with van der Waals surface area (Å²) in [4.78, 5) is 22.9. The molecule has 1 rings (SSSR count). The minimum absolute atomic E-state index is 0.157. The molecule has 20 heavy (non-hydrogen) atoms. The van der Waals surface area contributed by atoms with Gasteiger partial charge in [-0.15, -0.1) is 0 Å². The number of aliphatic hydroxyl groups excluding tert-OH is 1. The number of benzene rings is 1. The predicted molar refractivity (Wildman–Crippen MR) is 72.2 cm³/mol. The lowest BCUT2D eigenvalue weighted by Crippen LogP contribution is -2.40. The third-order valence-electron chi connectivity index (χ3n) is 2.81. The Morgan fingerprint density at radius 2 is 1.80 bits per heavy atom. The second kappa shape index (κ2) is 8.27. The van der Waals surface area contributed by atoms with Crippen molar-refractivity contribution in [3.63, 3.8) is 0 Å². The van der Waals surface area contributed by atoms with Gasteiger partial charge in [0.15, 0.2) is 0 Å². The topological polar surface area (TPSA) is 78.4 Å². The lowest BCUT2D eigenvalue weighted by atomic mass is 10.2. The van der Waals surface area contributed by atoms with Crippen LogP contribution in [0.25, 0.3) is 0 Å². The number of hydrogen-bond acceptors (Lipinski definition) is 3. The van der Waals surface area contributed by atoms with Crippen molar-refractivity contribution in [1.82, 2.24) is 10.6 Å².